The number of hydrogen-bond donors (Lipinski definition) is 1. The predicted octanol–water partition coefficient (Wildman–Crippen LogP) is 2.90. The van der Waals surface area contributed by atoms with Gasteiger partial charge in [0.15, 0.2) is 0 Å². The van der Waals surface area contributed by atoms with Crippen molar-refractivity contribution in [2.24, 2.45) is 5.92 Å². The summed E-state index contributed by atoms with van der Waals surface area (Å²) in [4.78, 5) is 12.5. The molecule has 1 saturated heterocycles. The third-order valence-corrected chi connectivity index (χ3v) is 6.47. The lowest BCUT2D eigenvalue weighted by Gasteiger charge is -2.19. The average Bonchev–Trinajstić information content (AvgIpc) is 3.02. The third-order valence-electron chi connectivity index (χ3n) is 4.24. The fraction of sp³-hybridized carbons (Fsp3) is 0.562. The first-order chi connectivity index (χ1) is 10.7. The Kier molecular flexibility index (Phi) is 5.70. The number of carbonyl (C=O) groups is 1. The number of amides is 1. The van der Waals surface area contributed by atoms with E-state index >= 15 is 0 Å². The number of benzene rings is 1. The summed E-state index contributed by atoms with van der Waals surface area (Å²) in [6.07, 6.45) is 1.73. The van der Waals surface area contributed by atoms with Crippen molar-refractivity contribution >= 4 is 27.5 Å². The molecule has 1 aliphatic rings. The van der Waals surface area contributed by atoms with Crippen LogP contribution in [0.5, 0.6) is 0 Å². The highest BCUT2D eigenvalue weighted by atomic mass is 35.5. The molecule has 1 atom stereocenters. The molecule has 1 aromatic carbocycles. The minimum absolute atomic E-state index is 0.0302. The topological polar surface area (TPSA) is 66.5 Å². The molecule has 0 aromatic heterocycles. The van der Waals surface area contributed by atoms with Gasteiger partial charge in [-0.1, -0.05) is 25.4 Å². The smallest absolute Gasteiger partial charge is 0.253 e. The maximum absolute atomic E-state index is 12.6. The highest BCUT2D eigenvalue weighted by molar-refractivity contribution is 7.89. The van der Waals surface area contributed by atoms with E-state index in [4.69, 9.17) is 11.6 Å². The van der Waals surface area contributed by atoms with Crippen LogP contribution in [-0.4, -0.2) is 37.8 Å². The molecule has 0 aliphatic carbocycles. The molecule has 0 unspecified atom stereocenters. The molecule has 1 fully saturated rings. The summed E-state index contributed by atoms with van der Waals surface area (Å²) in [5.41, 5.74) is 0.194. The molecule has 1 aliphatic heterocycles. The van der Waals surface area contributed by atoms with Gasteiger partial charge in [-0.25, -0.2) is 8.42 Å². The lowest BCUT2D eigenvalue weighted by atomic mass is 10.1. The van der Waals surface area contributed by atoms with E-state index in [1.807, 2.05) is 20.8 Å². The van der Waals surface area contributed by atoms with Gasteiger partial charge in [-0.3, -0.25) is 4.79 Å². The van der Waals surface area contributed by atoms with E-state index in [0.29, 0.717) is 13.1 Å². The van der Waals surface area contributed by atoms with E-state index in [2.05, 4.69) is 5.32 Å². The Morgan fingerprint density at radius 2 is 1.83 bits per heavy atom. The Balaban J connectivity index is 2.30. The van der Waals surface area contributed by atoms with Crippen LogP contribution in [0.1, 0.15) is 44.0 Å². The number of carbonyl (C=O) groups excluding carboxylic acids is 1. The van der Waals surface area contributed by atoms with Gasteiger partial charge < -0.3 is 5.32 Å². The fourth-order valence-corrected chi connectivity index (χ4v) is 4.11. The molecule has 7 heteroatoms. The quantitative estimate of drug-likeness (QED) is 0.880. The van der Waals surface area contributed by atoms with Gasteiger partial charge >= 0.3 is 0 Å². The van der Waals surface area contributed by atoms with Crippen LogP contribution < -0.4 is 5.32 Å². The highest BCUT2D eigenvalue weighted by Crippen LogP contribution is 2.25. The number of nitrogens with one attached hydrogen (secondary N) is 1. The average molecular weight is 359 g/mol. The minimum atomic E-state index is -3.56. The molecule has 0 radical (unpaired) electrons. The monoisotopic (exact) mass is 358 g/mol. The second-order valence-electron chi connectivity index (χ2n) is 6.26. The molecule has 0 bridgehead atoms. The first-order valence-corrected chi connectivity index (χ1v) is 9.66. The fourth-order valence-electron chi connectivity index (χ4n) is 2.37. The molecule has 128 valence electrons. The number of hydrogen-bond acceptors (Lipinski definition) is 3. The highest BCUT2D eigenvalue weighted by Gasteiger charge is 2.28. The van der Waals surface area contributed by atoms with Gasteiger partial charge in [0.1, 0.15) is 0 Å². The second-order valence-corrected chi connectivity index (χ2v) is 8.60. The third kappa shape index (κ3) is 4.05. The standard InChI is InChI=1S/C16H23ClN2O3S/c1-11(2)12(3)18-16(20)14-10-13(6-7-15(14)17)23(21,22)19-8-4-5-9-19/h6-7,10-12H,4-5,8-9H2,1-3H3,(H,18,20)/t12-/m1/s1. The molecule has 2 rings (SSSR count). The largest absolute Gasteiger partial charge is 0.349 e. The van der Waals surface area contributed by atoms with Crippen LogP contribution in [0.3, 0.4) is 0 Å². The number of sulfonamides is 1. The van der Waals surface area contributed by atoms with E-state index in [-0.39, 0.29) is 33.3 Å². The van der Waals surface area contributed by atoms with E-state index in [1.54, 1.807) is 0 Å². The summed E-state index contributed by atoms with van der Waals surface area (Å²) >= 11 is 6.09. The maximum atomic E-state index is 12.6. The Morgan fingerprint density at radius 3 is 2.39 bits per heavy atom. The number of rotatable bonds is 5. The van der Waals surface area contributed by atoms with E-state index in [1.165, 1.54) is 22.5 Å². The number of halogens is 1. The molecule has 1 aromatic rings. The molecule has 5 nitrogen and oxygen atoms in total. The zero-order valence-electron chi connectivity index (χ0n) is 13.7. The zero-order chi connectivity index (χ0) is 17.2. The van der Waals surface area contributed by atoms with Gasteiger partial charge in [0.2, 0.25) is 10.0 Å². The first-order valence-electron chi connectivity index (χ1n) is 7.84. The molecule has 0 saturated carbocycles. The lowest BCUT2D eigenvalue weighted by Crippen LogP contribution is -2.36. The Morgan fingerprint density at radius 1 is 1.22 bits per heavy atom. The van der Waals surface area contributed by atoms with E-state index < -0.39 is 10.0 Å². The summed E-state index contributed by atoms with van der Waals surface area (Å²) in [5.74, 6) is -0.0797. The molecular weight excluding hydrogens is 336 g/mol. The van der Waals surface area contributed by atoms with Gasteiger partial charge in [-0.15, -0.1) is 0 Å². The first kappa shape index (κ1) is 18.2. The predicted molar refractivity (Wildman–Crippen MR) is 91.2 cm³/mol. The molecule has 0 spiro atoms. The van der Waals surface area contributed by atoms with Gasteiger partial charge in [0, 0.05) is 19.1 Å². The Hall–Kier alpha value is -1.11. The Labute approximate surface area is 143 Å². The van der Waals surface area contributed by atoms with Crippen LogP contribution >= 0.6 is 11.6 Å². The van der Waals surface area contributed by atoms with Crippen molar-refractivity contribution in [1.82, 2.24) is 9.62 Å². The van der Waals surface area contributed by atoms with Crippen molar-refractivity contribution in [2.75, 3.05) is 13.1 Å². The van der Waals surface area contributed by atoms with Gasteiger partial charge in [0.25, 0.3) is 5.91 Å². The molecular formula is C16H23ClN2O3S. The van der Waals surface area contributed by atoms with Gasteiger partial charge in [-0.05, 0) is 43.9 Å². The van der Waals surface area contributed by atoms with Crippen LogP contribution in [0.15, 0.2) is 23.1 Å². The summed E-state index contributed by atoms with van der Waals surface area (Å²) in [6, 6.07) is 4.27. The maximum Gasteiger partial charge on any atom is 0.253 e. The van der Waals surface area contributed by atoms with Crippen molar-refractivity contribution in [1.29, 1.82) is 0 Å². The molecule has 23 heavy (non-hydrogen) atoms. The normalized spacial score (nSPS) is 17.4. The lowest BCUT2D eigenvalue weighted by molar-refractivity contribution is 0.0930. The van der Waals surface area contributed by atoms with Crippen molar-refractivity contribution < 1.29 is 13.2 Å². The van der Waals surface area contributed by atoms with Crippen molar-refractivity contribution in [2.45, 2.75) is 44.6 Å². The van der Waals surface area contributed by atoms with Crippen LogP contribution in [0.25, 0.3) is 0 Å². The van der Waals surface area contributed by atoms with E-state index in [0.717, 1.165) is 12.8 Å². The SMILES string of the molecule is CC(C)[C@@H](C)NC(=O)c1cc(S(=O)(=O)N2CCCC2)ccc1Cl. The van der Waals surface area contributed by atoms with Crippen molar-refractivity contribution in [3.05, 3.63) is 28.8 Å². The van der Waals surface area contributed by atoms with Gasteiger partial charge in [0.05, 0.1) is 15.5 Å². The zero-order valence-corrected chi connectivity index (χ0v) is 15.2. The van der Waals surface area contributed by atoms with Crippen LogP contribution in [0.4, 0.5) is 0 Å². The van der Waals surface area contributed by atoms with Crippen LogP contribution in [0.2, 0.25) is 5.02 Å². The summed E-state index contributed by atoms with van der Waals surface area (Å²) in [6.45, 7) is 6.96. The second kappa shape index (κ2) is 7.20. The summed E-state index contributed by atoms with van der Waals surface area (Å²) in [7, 11) is -3.56. The Bertz CT molecular complexity index is 683. The summed E-state index contributed by atoms with van der Waals surface area (Å²) < 4.78 is 26.7. The van der Waals surface area contributed by atoms with Crippen molar-refractivity contribution in [3.8, 4) is 0 Å². The molecule has 1 N–H and O–H groups in total. The van der Waals surface area contributed by atoms with Crippen LogP contribution in [-0.2, 0) is 10.0 Å². The number of nitrogens with zero attached hydrogens (tertiary/aromatic N) is 1. The summed E-state index contributed by atoms with van der Waals surface area (Å²) in [5, 5.41) is 3.10. The molecule has 1 heterocycles. The van der Waals surface area contributed by atoms with E-state index in [9.17, 15) is 13.2 Å². The van der Waals surface area contributed by atoms with Crippen LogP contribution in [0, 0.1) is 5.92 Å². The minimum Gasteiger partial charge on any atom is -0.349 e. The van der Waals surface area contributed by atoms with Crippen molar-refractivity contribution in [3.63, 3.8) is 0 Å². The van der Waals surface area contributed by atoms with Gasteiger partial charge in [-0.2, -0.15) is 4.31 Å². The molecule has 1 amide bonds.